The fourth-order valence-corrected chi connectivity index (χ4v) is 4.21. The van der Waals surface area contributed by atoms with E-state index in [1.807, 2.05) is 30.3 Å². The number of benzene rings is 2. The lowest BCUT2D eigenvalue weighted by Crippen LogP contribution is -2.34. The Morgan fingerprint density at radius 1 is 1.14 bits per heavy atom. The Labute approximate surface area is 167 Å². The van der Waals surface area contributed by atoms with Gasteiger partial charge in [0.1, 0.15) is 19.1 Å². The van der Waals surface area contributed by atoms with E-state index < -0.39 is 8.07 Å². The fourth-order valence-electron chi connectivity index (χ4n) is 3.45. The molecule has 6 heteroatoms. The Bertz CT molecular complexity index is 948. The highest BCUT2D eigenvalue weighted by Gasteiger charge is 2.22. The van der Waals surface area contributed by atoms with Crippen LogP contribution in [0.3, 0.4) is 0 Å². The molecule has 1 aliphatic heterocycles. The summed E-state index contributed by atoms with van der Waals surface area (Å²) >= 11 is 0. The Hall–Kier alpha value is -2.31. The normalized spacial score (nSPS) is 16.6. The number of rotatable bonds is 7. The SMILES string of the molecule is C[Si](C)(C)CCOCn1c(NC2COc3ccccc3C2)nc2ccccc21. The molecular formula is C22H29N3O2Si. The predicted molar refractivity (Wildman–Crippen MR) is 117 cm³/mol. The van der Waals surface area contributed by atoms with Crippen LogP contribution in [-0.2, 0) is 17.9 Å². The zero-order valence-corrected chi connectivity index (χ0v) is 17.9. The minimum Gasteiger partial charge on any atom is -0.491 e. The molecule has 0 fully saturated rings. The van der Waals surface area contributed by atoms with Gasteiger partial charge in [-0.3, -0.25) is 4.57 Å². The lowest BCUT2D eigenvalue weighted by atomic mass is 10.0. The molecule has 0 aliphatic carbocycles. The molecule has 28 heavy (non-hydrogen) atoms. The zero-order valence-electron chi connectivity index (χ0n) is 16.9. The predicted octanol–water partition coefficient (Wildman–Crippen LogP) is 4.76. The van der Waals surface area contributed by atoms with Gasteiger partial charge < -0.3 is 14.8 Å². The molecule has 2 aromatic carbocycles. The first-order valence-electron chi connectivity index (χ1n) is 10.00. The van der Waals surface area contributed by atoms with Crippen molar-refractivity contribution < 1.29 is 9.47 Å². The van der Waals surface area contributed by atoms with Gasteiger partial charge in [0, 0.05) is 14.7 Å². The monoisotopic (exact) mass is 395 g/mol. The quantitative estimate of drug-likeness (QED) is 0.463. The smallest absolute Gasteiger partial charge is 0.206 e. The van der Waals surface area contributed by atoms with E-state index in [9.17, 15) is 0 Å². The number of hydrogen-bond donors (Lipinski definition) is 1. The van der Waals surface area contributed by atoms with Gasteiger partial charge in [-0.1, -0.05) is 50.0 Å². The Balaban J connectivity index is 1.50. The lowest BCUT2D eigenvalue weighted by Gasteiger charge is -2.26. The summed E-state index contributed by atoms with van der Waals surface area (Å²) in [4.78, 5) is 4.82. The van der Waals surface area contributed by atoms with Crippen LogP contribution in [0.1, 0.15) is 5.56 Å². The molecule has 1 aliphatic rings. The minimum absolute atomic E-state index is 0.187. The van der Waals surface area contributed by atoms with Crippen LogP contribution in [0, 0.1) is 0 Å². The third-order valence-corrected chi connectivity index (χ3v) is 6.79. The highest BCUT2D eigenvalue weighted by atomic mass is 28.3. The van der Waals surface area contributed by atoms with Crippen molar-refractivity contribution in [2.24, 2.45) is 0 Å². The van der Waals surface area contributed by atoms with Crippen molar-refractivity contribution in [3.05, 3.63) is 54.1 Å². The van der Waals surface area contributed by atoms with Crippen LogP contribution in [0.4, 0.5) is 5.95 Å². The van der Waals surface area contributed by atoms with Gasteiger partial charge in [-0.2, -0.15) is 0 Å². The van der Waals surface area contributed by atoms with Crippen LogP contribution in [0.5, 0.6) is 5.75 Å². The molecule has 0 saturated carbocycles. The summed E-state index contributed by atoms with van der Waals surface area (Å²) in [5.41, 5.74) is 3.31. The van der Waals surface area contributed by atoms with Gasteiger partial charge in [-0.25, -0.2) is 4.98 Å². The fraction of sp³-hybridized carbons (Fsp3) is 0.409. The Kier molecular flexibility index (Phi) is 5.42. The molecule has 0 radical (unpaired) electrons. The summed E-state index contributed by atoms with van der Waals surface area (Å²) in [6, 6.07) is 17.8. The van der Waals surface area contributed by atoms with Crippen molar-refractivity contribution in [3.63, 3.8) is 0 Å². The van der Waals surface area contributed by atoms with Crippen molar-refractivity contribution in [2.45, 2.75) is 44.9 Å². The number of nitrogens with zero attached hydrogens (tertiary/aromatic N) is 2. The largest absolute Gasteiger partial charge is 0.491 e. The molecule has 0 amide bonds. The van der Waals surface area contributed by atoms with E-state index in [1.54, 1.807) is 0 Å². The molecule has 148 valence electrons. The third kappa shape index (κ3) is 4.39. The van der Waals surface area contributed by atoms with Gasteiger partial charge in [0.25, 0.3) is 0 Å². The molecule has 1 unspecified atom stereocenters. The molecule has 3 aromatic rings. The average Bonchev–Trinajstić information content (AvgIpc) is 3.01. The highest BCUT2D eigenvalue weighted by molar-refractivity contribution is 6.76. The second kappa shape index (κ2) is 7.97. The molecule has 1 N–H and O–H groups in total. The molecule has 1 aromatic heterocycles. The van der Waals surface area contributed by atoms with E-state index in [0.717, 1.165) is 41.8 Å². The first-order chi connectivity index (χ1) is 13.5. The van der Waals surface area contributed by atoms with Crippen LogP contribution in [0.2, 0.25) is 25.7 Å². The van der Waals surface area contributed by atoms with Gasteiger partial charge in [0.15, 0.2) is 0 Å². The molecule has 4 rings (SSSR count). The lowest BCUT2D eigenvalue weighted by molar-refractivity contribution is 0.0909. The van der Waals surface area contributed by atoms with Crippen LogP contribution in [0.25, 0.3) is 11.0 Å². The van der Waals surface area contributed by atoms with E-state index in [1.165, 1.54) is 5.56 Å². The summed E-state index contributed by atoms with van der Waals surface area (Å²) in [5, 5.41) is 3.59. The van der Waals surface area contributed by atoms with E-state index in [0.29, 0.717) is 13.3 Å². The topological polar surface area (TPSA) is 48.3 Å². The van der Waals surface area contributed by atoms with Crippen LogP contribution in [0.15, 0.2) is 48.5 Å². The van der Waals surface area contributed by atoms with Crippen molar-refractivity contribution in [1.29, 1.82) is 0 Å². The molecule has 0 saturated heterocycles. The van der Waals surface area contributed by atoms with Crippen molar-refractivity contribution >= 4 is 25.1 Å². The average molecular weight is 396 g/mol. The van der Waals surface area contributed by atoms with Crippen molar-refractivity contribution in [3.8, 4) is 5.75 Å². The van der Waals surface area contributed by atoms with Gasteiger partial charge >= 0.3 is 0 Å². The van der Waals surface area contributed by atoms with Gasteiger partial charge in [-0.15, -0.1) is 0 Å². The summed E-state index contributed by atoms with van der Waals surface area (Å²) in [5.74, 6) is 1.84. The molecule has 0 bridgehead atoms. The molecule has 5 nitrogen and oxygen atoms in total. The maximum atomic E-state index is 6.03. The van der Waals surface area contributed by atoms with E-state index in [2.05, 4.69) is 47.7 Å². The van der Waals surface area contributed by atoms with Gasteiger partial charge in [0.2, 0.25) is 5.95 Å². The maximum absolute atomic E-state index is 6.03. The van der Waals surface area contributed by atoms with Gasteiger partial charge in [0.05, 0.1) is 17.1 Å². The second-order valence-electron chi connectivity index (χ2n) is 8.66. The summed E-state index contributed by atoms with van der Waals surface area (Å²) in [6.45, 7) is 9.06. The summed E-state index contributed by atoms with van der Waals surface area (Å²) in [7, 11) is -1.10. The number of ether oxygens (including phenoxy) is 2. The minimum atomic E-state index is -1.10. The number of imidazole rings is 1. The number of aromatic nitrogens is 2. The van der Waals surface area contributed by atoms with Crippen molar-refractivity contribution in [2.75, 3.05) is 18.5 Å². The molecule has 2 heterocycles. The van der Waals surface area contributed by atoms with E-state index >= 15 is 0 Å². The number of fused-ring (bicyclic) bond motifs is 2. The second-order valence-corrected chi connectivity index (χ2v) is 14.3. The first kappa shape index (κ1) is 19.0. The Morgan fingerprint density at radius 2 is 1.93 bits per heavy atom. The molecule has 0 spiro atoms. The van der Waals surface area contributed by atoms with Crippen LogP contribution >= 0.6 is 0 Å². The van der Waals surface area contributed by atoms with Gasteiger partial charge in [-0.05, 0) is 36.2 Å². The zero-order chi connectivity index (χ0) is 19.6. The molecular weight excluding hydrogens is 366 g/mol. The van der Waals surface area contributed by atoms with Crippen LogP contribution in [-0.4, -0.2) is 36.9 Å². The highest BCUT2D eigenvalue weighted by Crippen LogP contribution is 2.27. The summed E-state index contributed by atoms with van der Waals surface area (Å²) in [6.07, 6.45) is 0.926. The van der Waals surface area contributed by atoms with Crippen LogP contribution < -0.4 is 10.1 Å². The third-order valence-electron chi connectivity index (χ3n) is 5.08. The number of anilines is 1. The molecule has 1 atom stereocenters. The summed E-state index contributed by atoms with van der Waals surface area (Å²) < 4.78 is 14.1. The number of hydrogen-bond acceptors (Lipinski definition) is 4. The number of para-hydroxylation sites is 3. The standard InChI is InChI=1S/C22H29N3O2Si/c1-28(2,3)13-12-26-16-25-20-10-6-5-9-19(20)24-22(25)23-18-14-17-8-4-7-11-21(17)27-15-18/h4-11,18H,12-16H2,1-3H3,(H,23,24). The van der Waals surface area contributed by atoms with E-state index in [-0.39, 0.29) is 6.04 Å². The maximum Gasteiger partial charge on any atom is 0.206 e. The van der Waals surface area contributed by atoms with Crippen molar-refractivity contribution in [1.82, 2.24) is 9.55 Å². The Morgan fingerprint density at radius 3 is 2.79 bits per heavy atom. The first-order valence-corrected chi connectivity index (χ1v) is 13.7. The van der Waals surface area contributed by atoms with E-state index in [4.69, 9.17) is 14.5 Å². The number of nitrogens with one attached hydrogen (secondary N) is 1.